The lowest BCUT2D eigenvalue weighted by atomic mass is 9.97. The molecule has 0 aromatic heterocycles. The van der Waals surface area contributed by atoms with Crippen molar-refractivity contribution in [2.75, 3.05) is 26.2 Å². The standard InChI is InChI=1S/C13H20N2O4/c1-10(16)14-4-6-15(7-5-14)11(17)8-13(2-3-13)9-12(18)19/h2-9H2,1H3,(H,18,19). The van der Waals surface area contributed by atoms with Crippen LogP contribution in [0.2, 0.25) is 0 Å². The van der Waals surface area contributed by atoms with Crippen LogP contribution in [0.3, 0.4) is 0 Å². The van der Waals surface area contributed by atoms with Crippen LogP contribution in [0, 0.1) is 5.41 Å². The summed E-state index contributed by atoms with van der Waals surface area (Å²) in [4.78, 5) is 37.6. The van der Waals surface area contributed by atoms with E-state index < -0.39 is 5.97 Å². The Balaban J connectivity index is 1.82. The third-order valence-corrected chi connectivity index (χ3v) is 4.09. The Labute approximate surface area is 112 Å². The molecule has 1 aliphatic heterocycles. The van der Waals surface area contributed by atoms with Crippen LogP contribution in [-0.2, 0) is 14.4 Å². The second-order valence-electron chi connectivity index (χ2n) is 5.63. The van der Waals surface area contributed by atoms with Gasteiger partial charge in [-0.2, -0.15) is 0 Å². The SMILES string of the molecule is CC(=O)N1CCN(C(=O)CC2(CC(=O)O)CC2)CC1. The molecule has 1 heterocycles. The molecule has 0 bridgehead atoms. The predicted octanol–water partition coefficient (Wildman–Crippen LogP) is 0.322. The summed E-state index contributed by atoms with van der Waals surface area (Å²) in [5.74, 6) is -0.759. The van der Waals surface area contributed by atoms with E-state index >= 15 is 0 Å². The smallest absolute Gasteiger partial charge is 0.303 e. The van der Waals surface area contributed by atoms with Gasteiger partial charge in [0, 0.05) is 39.5 Å². The van der Waals surface area contributed by atoms with Crippen molar-refractivity contribution >= 4 is 17.8 Å². The first kappa shape index (κ1) is 13.8. The largest absolute Gasteiger partial charge is 0.481 e. The summed E-state index contributed by atoms with van der Waals surface area (Å²) in [6, 6.07) is 0. The fraction of sp³-hybridized carbons (Fsp3) is 0.769. The minimum atomic E-state index is -0.827. The number of nitrogens with zero attached hydrogens (tertiary/aromatic N) is 2. The number of piperazine rings is 1. The van der Waals surface area contributed by atoms with E-state index in [1.54, 1.807) is 9.80 Å². The maximum absolute atomic E-state index is 12.1. The Morgan fingerprint density at radius 2 is 1.53 bits per heavy atom. The van der Waals surface area contributed by atoms with Crippen LogP contribution in [0.4, 0.5) is 0 Å². The first-order valence-corrected chi connectivity index (χ1v) is 6.67. The van der Waals surface area contributed by atoms with E-state index in [1.165, 1.54) is 6.92 Å². The van der Waals surface area contributed by atoms with Gasteiger partial charge in [-0.1, -0.05) is 0 Å². The Morgan fingerprint density at radius 1 is 1.00 bits per heavy atom. The molecule has 1 N–H and O–H groups in total. The highest BCUT2D eigenvalue weighted by atomic mass is 16.4. The van der Waals surface area contributed by atoms with Gasteiger partial charge < -0.3 is 14.9 Å². The number of carboxylic acids is 1. The van der Waals surface area contributed by atoms with Crippen LogP contribution in [-0.4, -0.2) is 58.9 Å². The van der Waals surface area contributed by atoms with E-state index in [4.69, 9.17) is 5.11 Å². The number of aliphatic carboxylic acids is 1. The number of carbonyl (C=O) groups excluding carboxylic acids is 2. The van der Waals surface area contributed by atoms with Gasteiger partial charge in [-0.3, -0.25) is 14.4 Å². The van der Waals surface area contributed by atoms with Crippen molar-refractivity contribution in [3.63, 3.8) is 0 Å². The molecule has 1 aliphatic carbocycles. The molecule has 2 aliphatic rings. The third-order valence-electron chi connectivity index (χ3n) is 4.09. The molecule has 0 atom stereocenters. The summed E-state index contributed by atoms with van der Waals surface area (Å²) in [7, 11) is 0. The van der Waals surface area contributed by atoms with E-state index in [0.29, 0.717) is 32.6 Å². The zero-order valence-electron chi connectivity index (χ0n) is 11.2. The fourth-order valence-electron chi connectivity index (χ4n) is 2.62. The molecule has 2 amide bonds. The lowest BCUT2D eigenvalue weighted by Gasteiger charge is -2.34. The van der Waals surface area contributed by atoms with Gasteiger partial charge in [0.05, 0.1) is 6.42 Å². The van der Waals surface area contributed by atoms with E-state index in [0.717, 1.165) is 12.8 Å². The zero-order chi connectivity index (χ0) is 14.0. The Morgan fingerprint density at radius 3 is 1.95 bits per heavy atom. The summed E-state index contributed by atoms with van der Waals surface area (Å²) in [5.41, 5.74) is -0.291. The molecule has 0 aromatic rings. The van der Waals surface area contributed by atoms with E-state index in [-0.39, 0.29) is 23.7 Å². The van der Waals surface area contributed by atoms with Crippen LogP contribution in [0.5, 0.6) is 0 Å². The molecule has 0 spiro atoms. The van der Waals surface area contributed by atoms with Crippen molar-refractivity contribution in [3.8, 4) is 0 Å². The monoisotopic (exact) mass is 268 g/mol. The maximum Gasteiger partial charge on any atom is 0.303 e. The zero-order valence-corrected chi connectivity index (χ0v) is 11.2. The summed E-state index contributed by atoms with van der Waals surface area (Å²) in [6.07, 6.45) is 2.09. The molecule has 0 unspecified atom stereocenters. The first-order chi connectivity index (χ1) is 8.92. The molecule has 106 valence electrons. The number of carbonyl (C=O) groups is 3. The van der Waals surface area contributed by atoms with Gasteiger partial charge in [0.15, 0.2) is 0 Å². The van der Waals surface area contributed by atoms with Crippen molar-refractivity contribution in [2.24, 2.45) is 5.41 Å². The van der Waals surface area contributed by atoms with Gasteiger partial charge in [-0.15, -0.1) is 0 Å². The van der Waals surface area contributed by atoms with E-state index in [2.05, 4.69) is 0 Å². The third kappa shape index (κ3) is 3.45. The first-order valence-electron chi connectivity index (χ1n) is 6.67. The van der Waals surface area contributed by atoms with Crippen LogP contribution in [0.25, 0.3) is 0 Å². The Hall–Kier alpha value is -1.59. The quantitative estimate of drug-likeness (QED) is 0.796. The highest BCUT2D eigenvalue weighted by molar-refractivity contribution is 5.79. The average molecular weight is 268 g/mol. The molecular formula is C13H20N2O4. The Bertz CT molecular complexity index is 395. The van der Waals surface area contributed by atoms with Crippen molar-refractivity contribution in [1.29, 1.82) is 0 Å². The molecule has 6 nitrogen and oxygen atoms in total. The second-order valence-corrected chi connectivity index (χ2v) is 5.63. The normalized spacial score (nSPS) is 21.1. The van der Waals surface area contributed by atoms with Gasteiger partial charge in [0.1, 0.15) is 0 Å². The molecule has 6 heteroatoms. The highest BCUT2D eigenvalue weighted by Crippen LogP contribution is 2.52. The average Bonchev–Trinajstić information content (AvgIpc) is 3.07. The van der Waals surface area contributed by atoms with E-state index in [1.807, 2.05) is 0 Å². The molecule has 2 fully saturated rings. The van der Waals surface area contributed by atoms with Crippen molar-refractivity contribution in [3.05, 3.63) is 0 Å². The Kier molecular flexibility index (Phi) is 3.78. The molecule has 2 rings (SSSR count). The number of carboxylic acid groups (broad SMARTS) is 1. The number of hydrogen-bond donors (Lipinski definition) is 1. The number of hydrogen-bond acceptors (Lipinski definition) is 3. The number of rotatable bonds is 4. The summed E-state index contributed by atoms with van der Waals surface area (Å²) >= 11 is 0. The highest BCUT2D eigenvalue weighted by Gasteiger charge is 2.46. The lowest BCUT2D eigenvalue weighted by molar-refractivity contribution is -0.141. The van der Waals surface area contributed by atoms with Crippen molar-refractivity contribution in [2.45, 2.75) is 32.6 Å². The molecule has 19 heavy (non-hydrogen) atoms. The van der Waals surface area contributed by atoms with Gasteiger partial charge in [0.25, 0.3) is 0 Å². The molecule has 0 aromatic carbocycles. The number of amides is 2. The van der Waals surface area contributed by atoms with Crippen LogP contribution >= 0.6 is 0 Å². The summed E-state index contributed by atoms with van der Waals surface area (Å²) in [5, 5.41) is 8.84. The molecule has 1 saturated heterocycles. The molecule has 0 radical (unpaired) electrons. The van der Waals surface area contributed by atoms with Crippen molar-refractivity contribution < 1.29 is 19.5 Å². The molecule has 1 saturated carbocycles. The fourth-order valence-corrected chi connectivity index (χ4v) is 2.62. The minimum absolute atomic E-state index is 0.0296. The van der Waals surface area contributed by atoms with Crippen LogP contribution in [0.15, 0.2) is 0 Å². The topological polar surface area (TPSA) is 77.9 Å². The van der Waals surface area contributed by atoms with Crippen LogP contribution < -0.4 is 0 Å². The van der Waals surface area contributed by atoms with Gasteiger partial charge in [-0.05, 0) is 18.3 Å². The summed E-state index contributed by atoms with van der Waals surface area (Å²) < 4.78 is 0. The molecular weight excluding hydrogens is 248 g/mol. The van der Waals surface area contributed by atoms with Gasteiger partial charge >= 0.3 is 5.97 Å². The van der Waals surface area contributed by atoms with E-state index in [9.17, 15) is 14.4 Å². The van der Waals surface area contributed by atoms with Gasteiger partial charge in [-0.25, -0.2) is 0 Å². The van der Waals surface area contributed by atoms with Crippen molar-refractivity contribution in [1.82, 2.24) is 9.80 Å². The predicted molar refractivity (Wildman–Crippen MR) is 67.4 cm³/mol. The lowest BCUT2D eigenvalue weighted by Crippen LogP contribution is -2.50. The second kappa shape index (κ2) is 5.19. The van der Waals surface area contributed by atoms with Gasteiger partial charge in [0.2, 0.25) is 11.8 Å². The van der Waals surface area contributed by atoms with Crippen LogP contribution in [0.1, 0.15) is 32.6 Å². The summed E-state index contributed by atoms with van der Waals surface area (Å²) in [6.45, 7) is 3.80. The minimum Gasteiger partial charge on any atom is -0.481 e. The maximum atomic E-state index is 12.1.